The molecule has 21 heavy (non-hydrogen) atoms. The van der Waals surface area contributed by atoms with Crippen LogP contribution in [0.3, 0.4) is 0 Å². The number of benzene rings is 1. The van der Waals surface area contributed by atoms with Crippen LogP contribution < -0.4 is 11.1 Å². The molecule has 0 radical (unpaired) electrons. The zero-order valence-electron chi connectivity index (χ0n) is 11.9. The number of hydrogen-bond donors (Lipinski definition) is 2. The predicted octanol–water partition coefficient (Wildman–Crippen LogP) is 1.37. The van der Waals surface area contributed by atoms with Crippen LogP contribution in [0, 0.1) is 6.92 Å². The number of pyridine rings is 1. The first kappa shape index (κ1) is 14.9. The second kappa shape index (κ2) is 6.32. The number of hydrogen-bond acceptors (Lipinski definition) is 5. The highest BCUT2D eigenvalue weighted by atomic mass is 16.5. The number of ether oxygens (including phenoxy) is 1. The summed E-state index contributed by atoms with van der Waals surface area (Å²) >= 11 is 0. The van der Waals surface area contributed by atoms with Gasteiger partial charge in [0.2, 0.25) is 0 Å². The first-order chi connectivity index (χ1) is 10.0. The van der Waals surface area contributed by atoms with Crippen molar-refractivity contribution >= 4 is 28.5 Å². The van der Waals surface area contributed by atoms with Crippen molar-refractivity contribution in [1.82, 2.24) is 4.98 Å². The van der Waals surface area contributed by atoms with E-state index in [1.165, 1.54) is 0 Å². The quantitative estimate of drug-likeness (QED) is 0.654. The summed E-state index contributed by atoms with van der Waals surface area (Å²) in [5, 5.41) is 3.44. The highest BCUT2D eigenvalue weighted by Gasteiger charge is 2.23. The van der Waals surface area contributed by atoms with Crippen LogP contribution in [0.25, 0.3) is 10.9 Å². The predicted molar refractivity (Wildman–Crippen MR) is 79.7 cm³/mol. The summed E-state index contributed by atoms with van der Waals surface area (Å²) in [6, 6.07) is 5.89. The van der Waals surface area contributed by atoms with E-state index in [0.717, 1.165) is 16.5 Å². The first-order valence-corrected chi connectivity index (χ1v) is 6.62. The number of esters is 1. The smallest absolute Gasteiger partial charge is 0.332 e. The van der Waals surface area contributed by atoms with Crippen molar-refractivity contribution in [2.75, 3.05) is 11.9 Å². The van der Waals surface area contributed by atoms with Crippen LogP contribution >= 0.6 is 0 Å². The topological polar surface area (TPSA) is 94.3 Å². The molecule has 0 aliphatic carbocycles. The zero-order valence-corrected chi connectivity index (χ0v) is 11.9. The molecule has 2 rings (SSSR count). The number of nitrogens with two attached hydrogens (primary N) is 1. The van der Waals surface area contributed by atoms with Crippen molar-refractivity contribution < 1.29 is 14.3 Å². The fourth-order valence-corrected chi connectivity index (χ4v) is 1.97. The van der Waals surface area contributed by atoms with Crippen molar-refractivity contribution in [3.63, 3.8) is 0 Å². The molecule has 0 aliphatic rings. The SMILES string of the molecule is CCOC(=O)C(N)C(=O)Nc1ccc(C)c2ncccc12. The van der Waals surface area contributed by atoms with Gasteiger partial charge < -0.3 is 15.8 Å². The Bertz CT molecular complexity index is 685. The van der Waals surface area contributed by atoms with Gasteiger partial charge in [-0.15, -0.1) is 0 Å². The molecule has 3 N–H and O–H groups in total. The third-order valence-electron chi connectivity index (χ3n) is 3.05. The fourth-order valence-electron chi connectivity index (χ4n) is 1.97. The van der Waals surface area contributed by atoms with E-state index < -0.39 is 17.9 Å². The second-order valence-corrected chi connectivity index (χ2v) is 4.55. The maximum absolute atomic E-state index is 12.0. The number of rotatable bonds is 4. The van der Waals surface area contributed by atoms with E-state index >= 15 is 0 Å². The van der Waals surface area contributed by atoms with Gasteiger partial charge in [-0.05, 0) is 37.6 Å². The highest BCUT2D eigenvalue weighted by molar-refractivity contribution is 6.11. The van der Waals surface area contributed by atoms with Crippen molar-refractivity contribution in [3.8, 4) is 0 Å². The molecule has 1 unspecified atom stereocenters. The molecular formula is C15H17N3O3. The summed E-state index contributed by atoms with van der Waals surface area (Å²) in [5.41, 5.74) is 7.92. The van der Waals surface area contributed by atoms with E-state index in [9.17, 15) is 9.59 Å². The normalized spacial score (nSPS) is 12.0. The number of anilines is 1. The number of fused-ring (bicyclic) bond motifs is 1. The molecule has 6 heteroatoms. The van der Waals surface area contributed by atoms with Gasteiger partial charge in [0.1, 0.15) is 0 Å². The largest absolute Gasteiger partial charge is 0.464 e. The molecule has 6 nitrogen and oxygen atoms in total. The molecule has 0 bridgehead atoms. The van der Waals surface area contributed by atoms with Crippen molar-refractivity contribution in [2.45, 2.75) is 19.9 Å². The molecule has 0 fully saturated rings. The van der Waals surface area contributed by atoms with Crippen LogP contribution in [0.4, 0.5) is 5.69 Å². The fraction of sp³-hybridized carbons (Fsp3) is 0.267. The molecule has 0 aliphatic heterocycles. The molecule has 1 atom stereocenters. The summed E-state index contributed by atoms with van der Waals surface area (Å²) in [4.78, 5) is 27.8. The van der Waals surface area contributed by atoms with Gasteiger partial charge in [-0.25, -0.2) is 4.79 Å². The number of carbonyl (C=O) groups excluding carboxylic acids is 2. The van der Waals surface area contributed by atoms with Crippen LogP contribution in [0.1, 0.15) is 12.5 Å². The molecule has 2 aromatic rings. The van der Waals surface area contributed by atoms with Gasteiger partial charge in [0.15, 0.2) is 6.04 Å². The zero-order chi connectivity index (χ0) is 15.4. The molecular weight excluding hydrogens is 270 g/mol. The highest BCUT2D eigenvalue weighted by Crippen LogP contribution is 2.24. The Balaban J connectivity index is 2.26. The van der Waals surface area contributed by atoms with Crippen LogP contribution in [-0.2, 0) is 14.3 Å². The van der Waals surface area contributed by atoms with E-state index in [0.29, 0.717) is 5.69 Å². The number of nitrogens with one attached hydrogen (secondary N) is 1. The number of nitrogens with zero attached hydrogens (tertiary/aromatic N) is 1. The molecule has 1 amide bonds. The lowest BCUT2D eigenvalue weighted by Gasteiger charge is -2.13. The number of carbonyl (C=O) groups is 2. The minimum absolute atomic E-state index is 0.178. The van der Waals surface area contributed by atoms with E-state index in [4.69, 9.17) is 10.5 Å². The van der Waals surface area contributed by atoms with Crippen LogP contribution in [-0.4, -0.2) is 29.5 Å². The summed E-state index contributed by atoms with van der Waals surface area (Å²) in [7, 11) is 0. The lowest BCUT2D eigenvalue weighted by molar-refractivity contribution is -0.146. The third-order valence-corrected chi connectivity index (χ3v) is 3.05. The minimum atomic E-state index is -1.35. The summed E-state index contributed by atoms with van der Waals surface area (Å²) in [6.07, 6.45) is 1.69. The third kappa shape index (κ3) is 3.17. The van der Waals surface area contributed by atoms with Crippen molar-refractivity contribution in [2.24, 2.45) is 5.73 Å². The van der Waals surface area contributed by atoms with Crippen molar-refractivity contribution in [3.05, 3.63) is 36.0 Å². The summed E-state index contributed by atoms with van der Waals surface area (Å²) in [6.45, 7) is 3.77. The molecule has 0 saturated heterocycles. The lowest BCUT2D eigenvalue weighted by Crippen LogP contribution is -2.43. The first-order valence-electron chi connectivity index (χ1n) is 6.62. The molecule has 0 saturated carbocycles. The van der Waals surface area contributed by atoms with Gasteiger partial charge >= 0.3 is 5.97 Å². The van der Waals surface area contributed by atoms with Gasteiger partial charge in [-0.3, -0.25) is 9.78 Å². The molecule has 1 aromatic heterocycles. The van der Waals surface area contributed by atoms with E-state index in [2.05, 4.69) is 10.3 Å². The Morgan fingerprint density at radius 2 is 2.14 bits per heavy atom. The van der Waals surface area contributed by atoms with Gasteiger partial charge in [-0.2, -0.15) is 0 Å². The Labute approximate surface area is 122 Å². The monoisotopic (exact) mass is 287 g/mol. The Hall–Kier alpha value is -2.47. The van der Waals surface area contributed by atoms with Gasteiger partial charge in [0.05, 0.1) is 17.8 Å². The molecule has 0 spiro atoms. The molecule has 1 aromatic carbocycles. The summed E-state index contributed by atoms with van der Waals surface area (Å²) in [5.74, 6) is -1.35. The second-order valence-electron chi connectivity index (χ2n) is 4.55. The number of aromatic nitrogens is 1. The Morgan fingerprint density at radius 3 is 2.86 bits per heavy atom. The molecule has 110 valence electrons. The van der Waals surface area contributed by atoms with Crippen LogP contribution in [0.2, 0.25) is 0 Å². The van der Waals surface area contributed by atoms with Gasteiger partial charge in [0, 0.05) is 11.6 Å². The van der Waals surface area contributed by atoms with Gasteiger partial charge in [-0.1, -0.05) is 6.07 Å². The van der Waals surface area contributed by atoms with E-state index in [1.54, 1.807) is 25.3 Å². The van der Waals surface area contributed by atoms with Gasteiger partial charge in [0.25, 0.3) is 5.91 Å². The standard InChI is InChI=1S/C15H17N3O3/c1-3-21-15(20)12(16)14(19)18-11-7-6-9(2)13-10(11)5-4-8-17-13/h4-8,12H,3,16H2,1-2H3,(H,18,19). The molecule has 1 heterocycles. The minimum Gasteiger partial charge on any atom is -0.464 e. The lowest BCUT2D eigenvalue weighted by atomic mass is 10.1. The average Bonchev–Trinajstić information content (AvgIpc) is 2.49. The Morgan fingerprint density at radius 1 is 1.38 bits per heavy atom. The maximum atomic E-state index is 12.0. The summed E-state index contributed by atoms with van der Waals surface area (Å²) < 4.78 is 4.73. The van der Waals surface area contributed by atoms with Crippen LogP contribution in [0.15, 0.2) is 30.5 Å². The maximum Gasteiger partial charge on any atom is 0.332 e. The number of aryl methyl sites for hydroxylation is 1. The van der Waals surface area contributed by atoms with Crippen molar-refractivity contribution in [1.29, 1.82) is 0 Å². The Kier molecular flexibility index (Phi) is 4.49. The van der Waals surface area contributed by atoms with Crippen LogP contribution in [0.5, 0.6) is 0 Å². The average molecular weight is 287 g/mol. The van der Waals surface area contributed by atoms with E-state index in [1.807, 2.05) is 19.1 Å². The van der Waals surface area contributed by atoms with E-state index in [-0.39, 0.29) is 6.61 Å². The number of amides is 1.